The molecule has 86 valence electrons. The highest BCUT2D eigenvalue weighted by atomic mass is 32.2. The molecule has 1 N–H and O–H groups in total. The van der Waals surface area contributed by atoms with Gasteiger partial charge in [0.15, 0.2) is 0 Å². The molecule has 0 saturated heterocycles. The van der Waals surface area contributed by atoms with Gasteiger partial charge in [0, 0.05) is 12.4 Å². The Balaban J connectivity index is 0.000000262. The van der Waals surface area contributed by atoms with Crippen LogP contribution < -0.4 is 0 Å². The van der Waals surface area contributed by atoms with Gasteiger partial charge in [-0.15, -0.1) is 0 Å². The Bertz CT molecular complexity index is 388. The van der Waals surface area contributed by atoms with Crippen LogP contribution in [0.2, 0.25) is 0 Å². The Kier molecular flexibility index (Phi) is 4.69. The van der Waals surface area contributed by atoms with Gasteiger partial charge < -0.3 is 0 Å². The zero-order chi connectivity index (χ0) is 12.1. The lowest BCUT2D eigenvalue weighted by molar-refractivity contribution is -0.0510. The summed E-state index contributed by atoms with van der Waals surface area (Å²) in [5, 5.41) is 0. The number of hydrogen-bond donors (Lipinski definition) is 1. The van der Waals surface area contributed by atoms with E-state index in [2.05, 4.69) is 4.98 Å². The molecule has 0 unspecified atom stereocenters. The standard InChI is InChI=1S/C6H7N.CHF3O3S/c1-6-3-2-4-7-5-6;2-1(3,4)8(5,6)7/h2-5H,1H3;(H,5,6,7). The fourth-order valence-electron chi connectivity index (χ4n) is 0.448. The number of nitrogens with zero attached hydrogens (tertiary/aromatic N) is 1. The molecule has 1 rings (SSSR count). The molecule has 0 aliphatic heterocycles. The molecule has 0 aliphatic rings. The zero-order valence-corrected chi connectivity index (χ0v) is 8.38. The molecular formula is C7H8F3NO3S. The Morgan fingerprint density at radius 3 is 2.00 bits per heavy atom. The lowest BCUT2D eigenvalue weighted by atomic mass is 10.3. The molecule has 0 bridgehead atoms. The Morgan fingerprint density at radius 2 is 1.87 bits per heavy atom. The van der Waals surface area contributed by atoms with E-state index < -0.39 is 15.6 Å². The summed E-state index contributed by atoms with van der Waals surface area (Å²) in [6.45, 7) is 2.02. The Labute approximate surface area is 84.5 Å². The smallest absolute Gasteiger partial charge is 0.279 e. The maximum Gasteiger partial charge on any atom is 0.522 e. The topological polar surface area (TPSA) is 67.3 Å². The van der Waals surface area contributed by atoms with Crippen molar-refractivity contribution in [1.29, 1.82) is 0 Å². The second-order valence-corrected chi connectivity index (χ2v) is 3.86. The van der Waals surface area contributed by atoms with E-state index in [0.29, 0.717) is 0 Å². The molecule has 4 nitrogen and oxygen atoms in total. The SMILES string of the molecule is Cc1cccnc1.O=S(=O)(O)C(F)(F)F. The Hall–Kier alpha value is -1.15. The number of aryl methyl sites for hydroxylation is 1. The van der Waals surface area contributed by atoms with E-state index in [0.717, 1.165) is 0 Å². The second-order valence-electron chi connectivity index (χ2n) is 2.45. The van der Waals surface area contributed by atoms with Crippen molar-refractivity contribution in [3.05, 3.63) is 30.1 Å². The quantitative estimate of drug-likeness (QED) is 0.557. The van der Waals surface area contributed by atoms with Crippen molar-refractivity contribution < 1.29 is 26.1 Å². The number of pyridine rings is 1. The summed E-state index contributed by atoms with van der Waals surface area (Å²) in [6.07, 6.45) is 3.60. The lowest BCUT2D eigenvalue weighted by Crippen LogP contribution is -2.21. The third-order valence-electron chi connectivity index (χ3n) is 1.10. The number of halogens is 3. The fourth-order valence-corrected chi connectivity index (χ4v) is 0.448. The van der Waals surface area contributed by atoms with Gasteiger partial charge in [-0.1, -0.05) is 6.07 Å². The van der Waals surface area contributed by atoms with Crippen LogP contribution in [0.1, 0.15) is 5.56 Å². The van der Waals surface area contributed by atoms with Crippen LogP contribution in [0.5, 0.6) is 0 Å². The number of alkyl halides is 3. The van der Waals surface area contributed by atoms with Crippen LogP contribution in [0, 0.1) is 6.92 Å². The maximum absolute atomic E-state index is 10.7. The predicted octanol–water partition coefficient (Wildman–Crippen LogP) is 1.78. The first-order valence-electron chi connectivity index (χ1n) is 3.55. The molecular weight excluding hydrogens is 235 g/mol. The average Bonchev–Trinajstić information content (AvgIpc) is 2.02. The molecule has 0 aromatic carbocycles. The highest BCUT2D eigenvalue weighted by Crippen LogP contribution is 2.20. The normalized spacial score (nSPS) is 11.5. The van der Waals surface area contributed by atoms with Crippen LogP contribution in [-0.2, 0) is 10.1 Å². The summed E-state index contributed by atoms with van der Waals surface area (Å²) in [5.41, 5.74) is -4.32. The third-order valence-corrected chi connectivity index (χ3v) is 1.69. The van der Waals surface area contributed by atoms with E-state index in [9.17, 15) is 13.2 Å². The van der Waals surface area contributed by atoms with Gasteiger partial charge in [-0.3, -0.25) is 9.54 Å². The first-order valence-corrected chi connectivity index (χ1v) is 4.99. The van der Waals surface area contributed by atoms with Gasteiger partial charge in [-0.25, -0.2) is 0 Å². The van der Waals surface area contributed by atoms with Gasteiger partial charge in [0.05, 0.1) is 0 Å². The van der Waals surface area contributed by atoms with Crippen molar-refractivity contribution in [1.82, 2.24) is 4.98 Å². The number of aromatic nitrogens is 1. The average molecular weight is 243 g/mol. The molecule has 15 heavy (non-hydrogen) atoms. The van der Waals surface area contributed by atoms with Crippen molar-refractivity contribution in [2.24, 2.45) is 0 Å². The second kappa shape index (κ2) is 5.08. The van der Waals surface area contributed by atoms with E-state index in [1.165, 1.54) is 5.56 Å². The Morgan fingerprint density at radius 1 is 1.40 bits per heavy atom. The minimum Gasteiger partial charge on any atom is -0.279 e. The fraction of sp³-hybridized carbons (Fsp3) is 0.286. The largest absolute Gasteiger partial charge is 0.522 e. The van der Waals surface area contributed by atoms with Crippen molar-refractivity contribution in [3.63, 3.8) is 0 Å². The van der Waals surface area contributed by atoms with Crippen molar-refractivity contribution in [3.8, 4) is 0 Å². The van der Waals surface area contributed by atoms with Crippen LogP contribution in [-0.4, -0.2) is 23.5 Å². The summed E-state index contributed by atoms with van der Waals surface area (Å²) in [7, 11) is -5.84. The summed E-state index contributed by atoms with van der Waals surface area (Å²) >= 11 is 0. The molecule has 1 aromatic heterocycles. The minimum atomic E-state index is -5.84. The molecule has 8 heteroatoms. The predicted molar refractivity (Wildman–Crippen MR) is 46.6 cm³/mol. The van der Waals surface area contributed by atoms with Crippen LogP contribution in [0.3, 0.4) is 0 Å². The van der Waals surface area contributed by atoms with Crippen molar-refractivity contribution in [2.75, 3.05) is 0 Å². The lowest BCUT2D eigenvalue weighted by Gasteiger charge is -1.97. The van der Waals surface area contributed by atoms with Crippen LogP contribution in [0.15, 0.2) is 24.5 Å². The van der Waals surface area contributed by atoms with Gasteiger partial charge in [-0.05, 0) is 18.6 Å². The van der Waals surface area contributed by atoms with Gasteiger partial charge in [0.2, 0.25) is 0 Å². The van der Waals surface area contributed by atoms with Gasteiger partial charge in [0.1, 0.15) is 0 Å². The van der Waals surface area contributed by atoms with Gasteiger partial charge in [0.25, 0.3) is 0 Å². The molecule has 1 heterocycles. The van der Waals surface area contributed by atoms with Crippen LogP contribution in [0.25, 0.3) is 0 Å². The molecule has 0 fully saturated rings. The summed E-state index contributed by atoms with van der Waals surface area (Å²) in [5.74, 6) is 0. The third kappa shape index (κ3) is 6.02. The first-order chi connectivity index (χ1) is 6.64. The molecule has 0 amide bonds. The van der Waals surface area contributed by atoms with E-state index in [1.807, 2.05) is 25.3 Å². The highest BCUT2D eigenvalue weighted by Gasteiger charge is 2.44. The van der Waals surface area contributed by atoms with E-state index in [4.69, 9.17) is 13.0 Å². The zero-order valence-electron chi connectivity index (χ0n) is 7.56. The van der Waals surface area contributed by atoms with Crippen LogP contribution >= 0.6 is 0 Å². The monoisotopic (exact) mass is 243 g/mol. The van der Waals surface area contributed by atoms with E-state index >= 15 is 0 Å². The number of rotatable bonds is 0. The van der Waals surface area contributed by atoms with Gasteiger partial charge >= 0.3 is 15.6 Å². The van der Waals surface area contributed by atoms with Crippen LogP contribution in [0.4, 0.5) is 13.2 Å². The molecule has 0 radical (unpaired) electrons. The molecule has 0 saturated carbocycles. The number of hydrogen-bond acceptors (Lipinski definition) is 3. The van der Waals surface area contributed by atoms with E-state index in [-0.39, 0.29) is 0 Å². The molecule has 1 aromatic rings. The molecule has 0 spiro atoms. The van der Waals surface area contributed by atoms with Crippen molar-refractivity contribution in [2.45, 2.75) is 12.4 Å². The molecule has 0 atom stereocenters. The van der Waals surface area contributed by atoms with E-state index in [1.54, 1.807) is 6.20 Å². The van der Waals surface area contributed by atoms with Crippen molar-refractivity contribution >= 4 is 10.1 Å². The summed E-state index contributed by atoms with van der Waals surface area (Å²) in [6, 6.07) is 3.95. The first kappa shape index (κ1) is 13.8. The molecule has 0 aliphatic carbocycles. The highest BCUT2D eigenvalue weighted by molar-refractivity contribution is 7.86. The maximum atomic E-state index is 10.7. The minimum absolute atomic E-state index is 1.21. The summed E-state index contributed by atoms with van der Waals surface area (Å²) < 4.78 is 57.5. The van der Waals surface area contributed by atoms with Gasteiger partial charge in [-0.2, -0.15) is 21.6 Å². The summed E-state index contributed by atoms with van der Waals surface area (Å²) in [4.78, 5) is 3.88.